The van der Waals surface area contributed by atoms with Gasteiger partial charge in [-0.25, -0.2) is 14.4 Å². The predicted octanol–water partition coefficient (Wildman–Crippen LogP) is 5.41. The van der Waals surface area contributed by atoms with Crippen LogP contribution in [0.1, 0.15) is 51.6 Å². The van der Waals surface area contributed by atoms with Crippen molar-refractivity contribution in [1.29, 1.82) is 5.41 Å². The number of halogens is 4. The number of aromatic nitrogens is 3. The van der Waals surface area contributed by atoms with Gasteiger partial charge < -0.3 is 9.73 Å². The monoisotopic (exact) mass is 525 g/mol. The molecule has 1 aliphatic rings. The predicted molar refractivity (Wildman–Crippen MR) is 128 cm³/mol. The highest BCUT2D eigenvalue weighted by molar-refractivity contribution is 5.96. The summed E-state index contributed by atoms with van der Waals surface area (Å²) in [5, 5.41) is 10.9. The molecule has 0 saturated heterocycles. The first-order valence-electron chi connectivity index (χ1n) is 11.9. The van der Waals surface area contributed by atoms with E-state index in [9.17, 15) is 22.4 Å². The van der Waals surface area contributed by atoms with Gasteiger partial charge in [0.2, 0.25) is 0 Å². The lowest BCUT2D eigenvalue weighted by molar-refractivity contribution is -0.140. The molecular formula is C27H23F4N5O2. The van der Waals surface area contributed by atoms with E-state index in [0.717, 1.165) is 30.9 Å². The fourth-order valence-corrected chi connectivity index (χ4v) is 4.45. The summed E-state index contributed by atoms with van der Waals surface area (Å²) in [6, 6.07) is 8.76. The summed E-state index contributed by atoms with van der Waals surface area (Å²) >= 11 is 0. The zero-order valence-electron chi connectivity index (χ0n) is 20.2. The van der Waals surface area contributed by atoms with Gasteiger partial charge in [0.05, 0.1) is 12.6 Å². The first-order chi connectivity index (χ1) is 18.1. The maximum absolute atomic E-state index is 13.9. The summed E-state index contributed by atoms with van der Waals surface area (Å²) in [5.41, 5.74) is 0.397. The standard InChI is InChI=1S/C27H23F4N5O2/c1-15-8-18(4-5-22(15)28)23(17-2-3-17)35-25(37)20-10-16(13-36-6-7-38-26(36)32)9-19(11-20)21-12-33-14-34-24(21)27(29,30)31/h4-12,14,17,23,32H,2-3,13H2,1H3,(H,35,37)/t23-/m0/s1. The number of alkyl halides is 3. The van der Waals surface area contributed by atoms with Gasteiger partial charge in [0.15, 0.2) is 5.69 Å². The number of rotatable bonds is 7. The second-order valence-corrected chi connectivity index (χ2v) is 9.33. The summed E-state index contributed by atoms with van der Waals surface area (Å²) in [7, 11) is 0. The van der Waals surface area contributed by atoms with Crippen molar-refractivity contribution in [2.24, 2.45) is 5.92 Å². The number of hydrogen-bond acceptors (Lipinski definition) is 5. The molecule has 0 bridgehead atoms. The second kappa shape index (κ2) is 9.88. The molecule has 1 saturated carbocycles. The number of carbonyl (C=O) groups excluding carboxylic acids is 1. The van der Waals surface area contributed by atoms with E-state index in [1.807, 2.05) is 0 Å². The Hall–Kier alpha value is -4.28. The van der Waals surface area contributed by atoms with Crippen LogP contribution < -0.4 is 11.0 Å². The third-order valence-corrected chi connectivity index (χ3v) is 6.50. The number of nitrogens with zero attached hydrogens (tertiary/aromatic N) is 3. The third kappa shape index (κ3) is 5.36. The number of aryl methyl sites for hydroxylation is 1. The SMILES string of the molecule is Cc1cc([C@@H](NC(=O)c2cc(Cn3ccoc3=N)cc(-c3cncnc3C(F)(F)F)c2)C2CC2)ccc1F. The van der Waals surface area contributed by atoms with Gasteiger partial charge in [-0.1, -0.05) is 12.1 Å². The largest absolute Gasteiger partial charge is 0.434 e. The second-order valence-electron chi connectivity index (χ2n) is 9.33. The van der Waals surface area contributed by atoms with Crippen LogP contribution in [-0.2, 0) is 12.7 Å². The van der Waals surface area contributed by atoms with E-state index in [2.05, 4.69) is 15.3 Å². The van der Waals surface area contributed by atoms with Gasteiger partial charge in [0.1, 0.15) is 18.4 Å². The summed E-state index contributed by atoms with van der Waals surface area (Å²) in [6.45, 7) is 1.73. The first-order valence-corrected chi connectivity index (χ1v) is 11.9. The van der Waals surface area contributed by atoms with E-state index in [1.54, 1.807) is 25.1 Å². The van der Waals surface area contributed by atoms with E-state index in [4.69, 9.17) is 9.83 Å². The third-order valence-electron chi connectivity index (χ3n) is 6.50. The summed E-state index contributed by atoms with van der Waals surface area (Å²) < 4.78 is 61.5. The Bertz CT molecular complexity index is 1560. The van der Waals surface area contributed by atoms with Gasteiger partial charge in [-0.15, -0.1) is 0 Å². The molecule has 2 heterocycles. The van der Waals surface area contributed by atoms with Crippen LogP contribution in [0.4, 0.5) is 17.6 Å². The van der Waals surface area contributed by atoms with Crippen LogP contribution >= 0.6 is 0 Å². The molecule has 7 nitrogen and oxygen atoms in total. The summed E-state index contributed by atoms with van der Waals surface area (Å²) in [4.78, 5) is 20.7. The lowest BCUT2D eigenvalue weighted by Gasteiger charge is -2.20. The van der Waals surface area contributed by atoms with Crippen LogP contribution in [0.25, 0.3) is 11.1 Å². The minimum absolute atomic E-state index is 0.0850. The average molecular weight is 526 g/mol. The number of hydrogen-bond donors (Lipinski definition) is 2. The molecule has 2 aromatic carbocycles. The normalized spacial score (nSPS) is 14.3. The van der Waals surface area contributed by atoms with E-state index in [0.29, 0.717) is 11.1 Å². The Labute approximate surface area is 214 Å². The maximum Gasteiger partial charge on any atom is 0.434 e. The Morgan fingerprint density at radius 1 is 1.24 bits per heavy atom. The van der Waals surface area contributed by atoms with Crippen molar-refractivity contribution < 1.29 is 26.8 Å². The lowest BCUT2D eigenvalue weighted by Crippen LogP contribution is -2.30. The molecule has 2 N–H and O–H groups in total. The van der Waals surface area contributed by atoms with Gasteiger partial charge in [-0.05, 0) is 72.2 Å². The smallest absolute Gasteiger partial charge is 0.432 e. The molecule has 4 aromatic rings. The number of amides is 1. The molecule has 11 heteroatoms. The highest BCUT2D eigenvalue weighted by Gasteiger charge is 2.36. The molecule has 0 spiro atoms. The quantitative estimate of drug-likeness (QED) is 0.315. The Morgan fingerprint density at radius 2 is 2.03 bits per heavy atom. The van der Waals surface area contributed by atoms with Crippen molar-refractivity contribution in [3.05, 3.63) is 101 Å². The molecule has 2 aromatic heterocycles. The van der Waals surface area contributed by atoms with Gasteiger partial charge >= 0.3 is 6.18 Å². The highest BCUT2D eigenvalue weighted by atomic mass is 19.4. The summed E-state index contributed by atoms with van der Waals surface area (Å²) in [5.74, 6) is -0.651. The number of oxazole rings is 1. The van der Waals surface area contributed by atoms with Crippen molar-refractivity contribution in [2.75, 3.05) is 0 Å². The van der Waals surface area contributed by atoms with E-state index < -0.39 is 17.8 Å². The van der Waals surface area contributed by atoms with Crippen LogP contribution in [0.2, 0.25) is 0 Å². The van der Waals surface area contributed by atoms with Crippen molar-refractivity contribution in [3.8, 4) is 11.1 Å². The van der Waals surface area contributed by atoms with Crippen molar-refractivity contribution in [2.45, 2.75) is 38.5 Å². The van der Waals surface area contributed by atoms with Gasteiger partial charge in [-0.2, -0.15) is 13.2 Å². The minimum Gasteiger partial charge on any atom is -0.432 e. The van der Waals surface area contributed by atoms with Gasteiger partial charge in [0.25, 0.3) is 11.6 Å². The topological polar surface area (TPSA) is 96.8 Å². The highest BCUT2D eigenvalue weighted by Crippen LogP contribution is 2.42. The molecule has 5 rings (SSSR count). The van der Waals surface area contributed by atoms with Crippen LogP contribution in [-0.4, -0.2) is 20.4 Å². The van der Waals surface area contributed by atoms with Crippen molar-refractivity contribution >= 4 is 5.91 Å². The van der Waals surface area contributed by atoms with Crippen molar-refractivity contribution in [1.82, 2.24) is 19.9 Å². The maximum atomic E-state index is 13.9. The first kappa shape index (κ1) is 25.4. The van der Waals surface area contributed by atoms with Crippen LogP contribution in [0.15, 0.2) is 65.8 Å². The van der Waals surface area contributed by atoms with E-state index in [-0.39, 0.29) is 46.7 Å². The van der Waals surface area contributed by atoms with Crippen LogP contribution in [0, 0.1) is 24.1 Å². The number of nitrogens with one attached hydrogen (secondary N) is 2. The van der Waals surface area contributed by atoms with Gasteiger partial charge in [-0.3, -0.25) is 14.8 Å². The molecule has 196 valence electrons. The Kier molecular flexibility index (Phi) is 6.60. The molecule has 1 fully saturated rings. The zero-order valence-corrected chi connectivity index (χ0v) is 20.2. The molecule has 1 atom stereocenters. The lowest BCUT2D eigenvalue weighted by atomic mass is 9.97. The molecule has 1 aliphatic carbocycles. The number of benzene rings is 2. The molecule has 0 aliphatic heterocycles. The van der Waals surface area contributed by atoms with Crippen LogP contribution in [0.5, 0.6) is 0 Å². The fourth-order valence-electron chi connectivity index (χ4n) is 4.45. The molecular weight excluding hydrogens is 502 g/mol. The Balaban J connectivity index is 1.55. The molecule has 1 amide bonds. The van der Waals surface area contributed by atoms with Crippen LogP contribution in [0.3, 0.4) is 0 Å². The Morgan fingerprint density at radius 3 is 2.68 bits per heavy atom. The fraction of sp³-hybridized carbons (Fsp3) is 0.259. The van der Waals surface area contributed by atoms with Gasteiger partial charge in [0, 0.05) is 23.5 Å². The molecule has 0 radical (unpaired) electrons. The number of carbonyl (C=O) groups is 1. The zero-order chi connectivity index (χ0) is 27.0. The van der Waals surface area contributed by atoms with E-state index >= 15 is 0 Å². The molecule has 38 heavy (non-hydrogen) atoms. The van der Waals surface area contributed by atoms with E-state index in [1.165, 1.54) is 35.2 Å². The molecule has 0 unspecified atom stereocenters. The van der Waals surface area contributed by atoms with Crippen molar-refractivity contribution in [3.63, 3.8) is 0 Å². The minimum atomic E-state index is -4.73. The summed E-state index contributed by atoms with van der Waals surface area (Å²) in [6.07, 6.45) is 1.77. The average Bonchev–Trinajstić information content (AvgIpc) is 3.65.